The van der Waals surface area contributed by atoms with E-state index in [0.717, 1.165) is 43.7 Å². The predicted molar refractivity (Wildman–Crippen MR) is 128 cm³/mol. The summed E-state index contributed by atoms with van der Waals surface area (Å²) in [6.45, 7) is 5.19. The molecule has 4 rings (SSSR count). The summed E-state index contributed by atoms with van der Waals surface area (Å²) in [5, 5.41) is 3.37. The number of urea groups is 1. The second-order valence-corrected chi connectivity index (χ2v) is 8.60. The van der Waals surface area contributed by atoms with E-state index in [2.05, 4.69) is 22.4 Å². The van der Waals surface area contributed by atoms with Crippen molar-refractivity contribution in [3.63, 3.8) is 0 Å². The SMILES string of the molecule is CCOC(=O)[C@H](CN1CCN(CCCc2ccc3c(n2)NCCC3)C1=O)c1ccc(OC)nc1. The minimum Gasteiger partial charge on any atom is -0.481 e. The number of nitrogens with zero attached hydrogens (tertiary/aromatic N) is 4. The first-order valence-electron chi connectivity index (χ1n) is 12.0. The van der Waals surface area contributed by atoms with Gasteiger partial charge in [-0.05, 0) is 49.8 Å². The number of hydrogen-bond donors (Lipinski definition) is 1. The number of ether oxygens (including phenoxy) is 2. The van der Waals surface area contributed by atoms with Gasteiger partial charge in [-0.1, -0.05) is 12.1 Å². The quantitative estimate of drug-likeness (QED) is 0.537. The molecule has 0 radical (unpaired) electrons. The van der Waals surface area contributed by atoms with Crippen LogP contribution in [-0.2, 0) is 22.4 Å². The topological polar surface area (TPSA) is 96.9 Å². The molecule has 0 bridgehead atoms. The third-order valence-electron chi connectivity index (χ3n) is 6.34. The lowest BCUT2D eigenvalue weighted by atomic mass is 10.0. The van der Waals surface area contributed by atoms with E-state index in [1.165, 1.54) is 5.56 Å². The van der Waals surface area contributed by atoms with Crippen LogP contribution in [0.4, 0.5) is 10.6 Å². The van der Waals surface area contributed by atoms with Gasteiger partial charge in [-0.2, -0.15) is 0 Å². The van der Waals surface area contributed by atoms with Gasteiger partial charge in [-0.3, -0.25) is 4.79 Å². The second-order valence-electron chi connectivity index (χ2n) is 8.60. The standard InChI is InChI=1S/C25H33N5O4/c1-3-34-24(31)21(19-9-11-22(33-2)27-16-19)17-30-15-14-29(25(30)32)13-5-7-20-10-8-18-6-4-12-26-23(18)28-20/h8-11,16,21H,3-7,12-15,17H2,1-2H3,(H,26,28)/t21-/m1/s1. The first-order valence-corrected chi connectivity index (χ1v) is 12.0. The molecular formula is C25H33N5O4. The molecule has 0 aromatic carbocycles. The van der Waals surface area contributed by atoms with Crippen LogP contribution in [0.5, 0.6) is 5.88 Å². The van der Waals surface area contributed by atoms with Crippen LogP contribution in [0.2, 0.25) is 0 Å². The van der Waals surface area contributed by atoms with Crippen LogP contribution < -0.4 is 10.1 Å². The Kier molecular flexibility index (Phi) is 7.82. The normalized spacial score (nSPS) is 16.1. The maximum Gasteiger partial charge on any atom is 0.320 e. The fourth-order valence-electron chi connectivity index (χ4n) is 4.47. The summed E-state index contributed by atoms with van der Waals surface area (Å²) in [5.41, 5.74) is 3.03. The van der Waals surface area contributed by atoms with Crippen molar-refractivity contribution in [1.29, 1.82) is 0 Å². The lowest BCUT2D eigenvalue weighted by molar-refractivity contribution is -0.145. The molecule has 9 nitrogen and oxygen atoms in total. The first-order chi connectivity index (χ1) is 16.6. The number of fused-ring (bicyclic) bond motifs is 1. The van der Waals surface area contributed by atoms with E-state index < -0.39 is 5.92 Å². The average molecular weight is 468 g/mol. The molecule has 34 heavy (non-hydrogen) atoms. The molecule has 0 saturated carbocycles. The molecule has 1 saturated heterocycles. The number of anilines is 1. The van der Waals surface area contributed by atoms with Gasteiger partial charge in [0.05, 0.1) is 13.7 Å². The summed E-state index contributed by atoms with van der Waals surface area (Å²) in [6, 6.07) is 7.72. The Morgan fingerprint density at radius 3 is 2.82 bits per heavy atom. The fourth-order valence-corrected chi connectivity index (χ4v) is 4.47. The van der Waals surface area contributed by atoms with Gasteiger partial charge in [-0.15, -0.1) is 0 Å². The van der Waals surface area contributed by atoms with Crippen molar-refractivity contribution in [1.82, 2.24) is 19.8 Å². The molecule has 1 fully saturated rings. The minimum absolute atomic E-state index is 0.0455. The maximum atomic E-state index is 13.0. The van der Waals surface area contributed by atoms with Crippen LogP contribution in [-0.4, -0.2) is 78.2 Å². The van der Waals surface area contributed by atoms with Gasteiger partial charge >= 0.3 is 12.0 Å². The summed E-state index contributed by atoms with van der Waals surface area (Å²) < 4.78 is 10.4. The summed E-state index contributed by atoms with van der Waals surface area (Å²) in [5.74, 6) is 0.534. The number of amides is 2. The van der Waals surface area contributed by atoms with E-state index >= 15 is 0 Å². The highest BCUT2D eigenvalue weighted by molar-refractivity contribution is 5.81. The molecule has 2 aliphatic heterocycles. The number of hydrogen-bond acceptors (Lipinski definition) is 7. The molecule has 4 heterocycles. The molecule has 0 aliphatic carbocycles. The van der Waals surface area contributed by atoms with E-state index in [9.17, 15) is 9.59 Å². The van der Waals surface area contributed by atoms with Gasteiger partial charge in [0.1, 0.15) is 11.7 Å². The number of pyridine rings is 2. The van der Waals surface area contributed by atoms with Crippen LogP contribution in [0.1, 0.15) is 42.5 Å². The zero-order valence-corrected chi connectivity index (χ0v) is 20.0. The largest absolute Gasteiger partial charge is 0.481 e. The van der Waals surface area contributed by atoms with E-state index in [1.54, 1.807) is 37.3 Å². The highest BCUT2D eigenvalue weighted by Gasteiger charge is 2.33. The molecular weight excluding hydrogens is 434 g/mol. The van der Waals surface area contributed by atoms with Gasteiger partial charge in [0.15, 0.2) is 0 Å². The summed E-state index contributed by atoms with van der Waals surface area (Å²) >= 11 is 0. The lowest BCUT2D eigenvalue weighted by Gasteiger charge is -2.23. The number of carbonyl (C=O) groups is 2. The third-order valence-corrected chi connectivity index (χ3v) is 6.34. The molecule has 0 unspecified atom stereocenters. The zero-order valence-electron chi connectivity index (χ0n) is 20.0. The highest BCUT2D eigenvalue weighted by Crippen LogP contribution is 2.23. The Morgan fingerprint density at radius 1 is 1.21 bits per heavy atom. The Bertz CT molecular complexity index is 997. The van der Waals surface area contributed by atoms with E-state index in [4.69, 9.17) is 14.5 Å². The van der Waals surface area contributed by atoms with Gasteiger partial charge < -0.3 is 24.6 Å². The predicted octanol–water partition coefficient (Wildman–Crippen LogP) is 2.86. The average Bonchev–Trinajstić information content (AvgIpc) is 3.21. The first kappa shape index (κ1) is 23.8. The summed E-state index contributed by atoms with van der Waals surface area (Å²) in [4.78, 5) is 38.2. The van der Waals surface area contributed by atoms with Crippen LogP contribution in [0.25, 0.3) is 0 Å². The van der Waals surface area contributed by atoms with Crippen molar-refractivity contribution >= 4 is 17.8 Å². The molecule has 9 heteroatoms. The molecule has 2 amide bonds. The number of esters is 1. The molecule has 2 aliphatic rings. The molecule has 2 aromatic rings. The number of methoxy groups -OCH3 is 1. The van der Waals surface area contributed by atoms with Crippen LogP contribution in [0.15, 0.2) is 30.5 Å². The van der Waals surface area contributed by atoms with Crippen molar-refractivity contribution < 1.29 is 19.1 Å². The van der Waals surface area contributed by atoms with Crippen LogP contribution >= 0.6 is 0 Å². The third kappa shape index (κ3) is 5.58. The smallest absolute Gasteiger partial charge is 0.320 e. The Morgan fingerprint density at radius 2 is 2.06 bits per heavy atom. The summed E-state index contributed by atoms with van der Waals surface area (Å²) in [7, 11) is 1.54. The molecule has 182 valence electrons. The second kappa shape index (κ2) is 11.2. The van der Waals surface area contributed by atoms with Gasteiger partial charge in [0.25, 0.3) is 0 Å². The maximum absolute atomic E-state index is 13.0. The van der Waals surface area contributed by atoms with E-state index in [-0.39, 0.29) is 25.2 Å². The fraction of sp³-hybridized carbons (Fsp3) is 0.520. The molecule has 2 aromatic heterocycles. The number of aryl methyl sites for hydroxylation is 2. The zero-order chi connectivity index (χ0) is 23.9. The van der Waals surface area contributed by atoms with Gasteiger partial charge in [-0.25, -0.2) is 14.8 Å². The number of carbonyl (C=O) groups excluding carboxylic acids is 2. The lowest BCUT2D eigenvalue weighted by Crippen LogP contribution is -2.37. The van der Waals surface area contributed by atoms with E-state index in [1.807, 2.05) is 4.90 Å². The Hall–Kier alpha value is -3.36. The molecule has 0 spiro atoms. The van der Waals surface area contributed by atoms with E-state index in [0.29, 0.717) is 31.1 Å². The van der Waals surface area contributed by atoms with Crippen molar-refractivity contribution in [2.75, 3.05) is 51.8 Å². The van der Waals surface area contributed by atoms with Crippen molar-refractivity contribution in [3.8, 4) is 5.88 Å². The monoisotopic (exact) mass is 467 g/mol. The number of nitrogens with one attached hydrogen (secondary N) is 1. The van der Waals surface area contributed by atoms with Crippen molar-refractivity contribution in [2.45, 2.75) is 38.5 Å². The van der Waals surface area contributed by atoms with Gasteiger partial charge in [0, 0.05) is 50.7 Å². The van der Waals surface area contributed by atoms with Crippen molar-refractivity contribution in [3.05, 3.63) is 47.3 Å². The minimum atomic E-state index is -0.588. The Balaban J connectivity index is 1.33. The molecule has 1 atom stereocenters. The molecule has 1 N–H and O–H groups in total. The number of aromatic nitrogens is 2. The van der Waals surface area contributed by atoms with Gasteiger partial charge in [0.2, 0.25) is 5.88 Å². The summed E-state index contributed by atoms with van der Waals surface area (Å²) in [6.07, 6.45) is 5.50. The number of rotatable bonds is 10. The Labute approximate surface area is 200 Å². The van der Waals surface area contributed by atoms with Crippen molar-refractivity contribution in [2.24, 2.45) is 0 Å². The highest BCUT2D eigenvalue weighted by atomic mass is 16.5. The van der Waals surface area contributed by atoms with Crippen LogP contribution in [0, 0.1) is 0 Å². The van der Waals surface area contributed by atoms with Crippen LogP contribution in [0.3, 0.4) is 0 Å².